The summed E-state index contributed by atoms with van der Waals surface area (Å²) < 4.78 is 0. The molecule has 0 saturated heterocycles. The van der Waals surface area contributed by atoms with Crippen molar-refractivity contribution in [1.82, 2.24) is 5.32 Å². The number of aliphatic carboxylic acids is 1. The molecule has 4 nitrogen and oxygen atoms in total. The van der Waals surface area contributed by atoms with Crippen LogP contribution in [-0.2, 0) is 4.79 Å². The van der Waals surface area contributed by atoms with Gasteiger partial charge in [0.25, 0.3) is 0 Å². The Kier molecular flexibility index (Phi) is 3.68. The SMILES string of the molecule is CC(C)NC(C(=O)O)c1ccc(O)cc1. The molecule has 1 aromatic rings. The van der Waals surface area contributed by atoms with Crippen molar-refractivity contribution in [2.75, 3.05) is 0 Å². The number of phenolic OH excluding ortho intramolecular Hbond substituents is 1. The zero-order valence-corrected chi connectivity index (χ0v) is 8.77. The number of carboxylic acid groups (broad SMARTS) is 1. The molecule has 0 aliphatic rings. The van der Waals surface area contributed by atoms with Crippen LogP contribution in [0.4, 0.5) is 0 Å². The van der Waals surface area contributed by atoms with E-state index in [0.717, 1.165) is 0 Å². The van der Waals surface area contributed by atoms with Crippen LogP contribution < -0.4 is 5.32 Å². The Morgan fingerprint density at radius 2 is 1.80 bits per heavy atom. The van der Waals surface area contributed by atoms with Crippen LogP contribution in [0.25, 0.3) is 0 Å². The monoisotopic (exact) mass is 209 g/mol. The standard InChI is InChI=1S/C11H15NO3/c1-7(2)12-10(11(14)15)8-3-5-9(13)6-4-8/h3-7,10,12-13H,1-2H3,(H,14,15). The highest BCUT2D eigenvalue weighted by Gasteiger charge is 2.19. The molecule has 15 heavy (non-hydrogen) atoms. The lowest BCUT2D eigenvalue weighted by Gasteiger charge is -2.17. The van der Waals surface area contributed by atoms with E-state index in [1.54, 1.807) is 12.1 Å². The number of phenols is 1. The highest BCUT2D eigenvalue weighted by molar-refractivity contribution is 5.75. The Labute approximate surface area is 88.6 Å². The summed E-state index contributed by atoms with van der Waals surface area (Å²) in [6.45, 7) is 3.77. The fourth-order valence-electron chi connectivity index (χ4n) is 1.31. The van der Waals surface area contributed by atoms with Gasteiger partial charge in [-0.3, -0.25) is 10.1 Å². The van der Waals surface area contributed by atoms with Crippen LogP contribution in [0.5, 0.6) is 5.75 Å². The van der Waals surface area contributed by atoms with Crippen LogP contribution in [0, 0.1) is 0 Å². The summed E-state index contributed by atoms with van der Waals surface area (Å²) in [7, 11) is 0. The van der Waals surface area contributed by atoms with Crippen molar-refractivity contribution in [2.24, 2.45) is 0 Å². The lowest BCUT2D eigenvalue weighted by Crippen LogP contribution is -2.33. The molecule has 1 aromatic carbocycles. The van der Waals surface area contributed by atoms with Gasteiger partial charge in [-0.2, -0.15) is 0 Å². The third kappa shape index (κ3) is 3.25. The maximum absolute atomic E-state index is 11.0. The topological polar surface area (TPSA) is 69.6 Å². The Morgan fingerprint density at radius 3 is 2.20 bits per heavy atom. The summed E-state index contributed by atoms with van der Waals surface area (Å²) in [5.74, 6) is -0.790. The van der Waals surface area contributed by atoms with E-state index < -0.39 is 12.0 Å². The van der Waals surface area contributed by atoms with Gasteiger partial charge in [-0.05, 0) is 31.5 Å². The first-order chi connectivity index (χ1) is 7.00. The zero-order chi connectivity index (χ0) is 11.4. The van der Waals surface area contributed by atoms with E-state index in [9.17, 15) is 4.79 Å². The second-order valence-electron chi connectivity index (χ2n) is 3.68. The minimum absolute atomic E-state index is 0.0832. The van der Waals surface area contributed by atoms with Gasteiger partial charge in [0.15, 0.2) is 0 Å². The fraction of sp³-hybridized carbons (Fsp3) is 0.364. The zero-order valence-electron chi connectivity index (χ0n) is 8.77. The molecule has 4 heteroatoms. The van der Waals surface area contributed by atoms with E-state index >= 15 is 0 Å². The molecular formula is C11H15NO3. The molecular weight excluding hydrogens is 194 g/mol. The van der Waals surface area contributed by atoms with Crippen LogP contribution >= 0.6 is 0 Å². The molecule has 0 saturated carbocycles. The van der Waals surface area contributed by atoms with Crippen molar-refractivity contribution >= 4 is 5.97 Å². The van der Waals surface area contributed by atoms with E-state index in [2.05, 4.69) is 5.32 Å². The summed E-state index contributed by atoms with van der Waals surface area (Å²) >= 11 is 0. The first kappa shape index (κ1) is 11.5. The molecule has 0 heterocycles. The molecule has 3 N–H and O–H groups in total. The van der Waals surface area contributed by atoms with Crippen LogP contribution in [-0.4, -0.2) is 22.2 Å². The highest BCUT2D eigenvalue weighted by Crippen LogP contribution is 2.17. The van der Waals surface area contributed by atoms with Gasteiger partial charge < -0.3 is 10.2 Å². The number of carboxylic acids is 1. The fourth-order valence-corrected chi connectivity index (χ4v) is 1.31. The number of aromatic hydroxyl groups is 1. The van der Waals surface area contributed by atoms with E-state index in [4.69, 9.17) is 10.2 Å². The second-order valence-corrected chi connectivity index (χ2v) is 3.68. The third-order valence-electron chi connectivity index (χ3n) is 1.97. The van der Waals surface area contributed by atoms with E-state index in [1.807, 2.05) is 13.8 Å². The first-order valence-corrected chi connectivity index (χ1v) is 4.78. The quantitative estimate of drug-likeness (QED) is 0.703. The van der Waals surface area contributed by atoms with Crippen LogP contribution in [0.1, 0.15) is 25.5 Å². The lowest BCUT2D eigenvalue weighted by molar-refractivity contribution is -0.139. The largest absolute Gasteiger partial charge is 0.508 e. The summed E-state index contributed by atoms with van der Waals surface area (Å²) in [5, 5.41) is 21.0. The number of hydrogen-bond acceptors (Lipinski definition) is 3. The molecule has 0 radical (unpaired) electrons. The molecule has 0 aromatic heterocycles. The maximum Gasteiger partial charge on any atom is 0.325 e. The third-order valence-corrected chi connectivity index (χ3v) is 1.97. The van der Waals surface area contributed by atoms with E-state index in [0.29, 0.717) is 5.56 Å². The van der Waals surface area contributed by atoms with Gasteiger partial charge >= 0.3 is 5.97 Å². The normalized spacial score (nSPS) is 12.7. The number of rotatable bonds is 4. The van der Waals surface area contributed by atoms with Crippen molar-refractivity contribution in [3.8, 4) is 5.75 Å². The van der Waals surface area contributed by atoms with Gasteiger partial charge in [0.05, 0.1) is 0 Å². The van der Waals surface area contributed by atoms with Crippen LogP contribution in [0.3, 0.4) is 0 Å². The Morgan fingerprint density at radius 1 is 1.27 bits per heavy atom. The molecule has 1 unspecified atom stereocenters. The molecule has 0 amide bonds. The smallest absolute Gasteiger partial charge is 0.325 e. The van der Waals surface area contributed by atoms with Crippen molar-refractivity contribution in [3.63, 3.8) is 0 Å². The average molecular weight is 209 g/mol. The molecule has 1 atom stereocenters. The van der Waals surface area contributed by atoms with Crippen molar-refractivity contribution in [1.29, 1.82) is 0 Å². The molecule has 0 spiro atoms. The summed E-state index contributed by atoms with van der Waals surface area (Å²) in [6.07, 6.45) is 0. The van der Waals surface area contributed by atoms with Gasteiger partial charge in [0.2, 0.25) is 0 Å². The van der Waals surface area contributed by atoms with Crippen LogP contribution in [0.2, 0.25) is 0 Å². The minimum atomic E-state index is -0.922. The minimum Gasteiger partial charge on any atom is -0.508 e. The summed E-state index contributed by atoms with van der Waals surface area (Å²) in [6, 6.07) is 5.51. The Hall–Kier alpha value is -1.55. The highest BCUT2D eigenvalue weighted by atomic mass is 16.4. The number of carbonyl (C=O) groups is 1. The van der Waals surface area contributed by atoms with Crippen molar-refractivity contribution < 1.29 is 15.0 Å². The summed E-state index contributed by atoms with van der Waals surface area (Å²) in [4.78, 5) is 11.0. The van der Waals surface area contributed by atoms with Gasteiger partial charge in [-0.25, -0.2) is 0 Å². The number of hydrogen-bond donors (Lipinski definition) is 3. The lowest BCUT2D eigenvalue weighted by atomic mass is 10.1. The van der Waals surface area contributed by atoms with E-state index in [1.165, 1.54) is 12.1 Å². The Bertz CT molecular complexity index is 332. The van der Waals surface area contributed by atoms with Gasteiger partial charge in [0, 0.05) is 6.04 Å². The van der Waals surface area contributed by atoms with Gasteiger partial charge in [-0.1, -0.05) is 12.1 Å². The number of benzene rings is 1. The van der Waals surface area contributed by atoms with Crippen molar-refractivity contribution in [3.05, 3.63) is 29.8 Å². The van der Waals surface area contributed by atoms with E-state index in [-0.39, 0.29) is 11.8 Å². The summed E-state index contributed by atoms with van der Waals surface area (Å²) in [5.41, 5.74) is 0.633. The Balaban J connectivity index is 2.89. The molecule has 82 valence electrons. The molecule has 0 bridgehead atoms. The first-order valence-electron chi connectivity index (χ1n) is 4.78. The van der Waals surface area contributed by atoms with Crippen LogP contribution in [0.15, 0.2) is 24.3 Å². The predicted octanol–water partition coefficient (Wildman–Crippen LogP) is 1.52. The second kappa shape index (κ2) is 4.79. The molecule has 1 rings (SSSR count). The maximum atomic E-state index is 11.0. The van der Waals surface area contributed by atoms with Gasteiger partial charge in [-0.15, -0.1) is 0 Å². The number of nitrogens with one attached hydrogen (secondary N) is 1. The molecule has 0 aliphatic carbocycles. The average Bonchev–Trinajstić information content (AvgIpc) is 2.15. The van der Waals surface area contributed by atoms with Crippen molar-refractivity contribution in [2.45, 2.75) is 25.9 Å². The predicted molar refractivity (Wildman–Crippen MR) is 56.8 cm³/mol. The van der Waals surface area contributed by atoms with Gasteiger partial charge in [0.1, 0.15) is 11.8 Å². The molecule has 0 aliphatic heterocycles. The molecule has 0 fully saturated rings.